The normalized spacial score (nSPS) is 11.5. The molecule has 2 rings (SSSR count). The largest absolute Gasteiger partial charge is 0.384 e. The second-order valence-corrected chi connectivity index (χ2v) is 6.41. The summed E-state index contributed by atoms with van der Waals surface area (Å²) < 4.78 is 0. The molecule has 0 saturated carbocycles. The van der Waals surface area contributed by atoms with Crippen molar-refractivity contribution in [1.29, 1.82) is 0 Å². The van der Waals surface area contributed by atoms with E-state index in [-0.39, 0.29) is 5.54 Å². The maximum atomic E-state index is 4.31. The molecule has 2 aromatic rings. The van der Waals surface area contributed by atoms with Gasteiger partial charge in [-0.05, 0) is 45.0 Å². The van der Waals surface area contributed by atoms with E-state index >= 15 is 0 Å². The molecule has 0 fully saturated rings. The molecule has 0 radical (unpaired) electrons. The van der Waals surface area contributed by atoms with Gasteiger partial charge in [0, 0.05) is 41.5 Å². The van der Waals surface area contributed by atoms with Gasteiger partial charge in [0.1, 0.15) is 5.01 Å². The molecule has 1 aromatic heterocycles. The lowest BCUT2D eigenvalue weighted by molar-refractivity contribution is 0.435. The first kappa shape index (κ1) is 14.0. The minimum absolute atomic E-state index is 0.177. The molecule has 0 saturated heterocycles. The molecule has 1 heterocycles. The smallest absolute Gasteiger partial charge is 0.123 e. The summed E-state index contributed by atoms with van der Waals surface area (Å²) in [6, 6.07) is 8.43. The Balaban J connectivity index is 1.83. The molecule has 2 N–H and O–H groups in total. The standard InChI is InChI=1S/C15H21N3S/c1-15(2,3)18-9-8-16-13-6-4-12(5-7-13)14-17-10-11-19-14/h4-7,10-11,16,18H,8-9H2,1-3H3. The molecule has 0 amide bonds. The number of aromatic nitrogens is 1. The lowest BCUT2D eigenvalue weighted by Gasteiger charge is -2.20. The lowest BCUT2D eigenvalue weighted by Crippen LogP contribution is -2.38. The maximum Gasteiger partial charge on any atom is 0.123 e. The van der Waals surface area contributed by atoms with Gasteiger partial charge in [-0.3, -0.25) is 0 Å². The Morgan fingerprint density at radius 2 is 1.84 bits per heavy atom. The van der Waals surface area contributed by atoms with Crippen LogP contribution in [0.2, 0.25) is 0 Å². The van der Waals surface area contributed by atoms with E-state index in [1.165, 1.54) is 5.56 Å². The quantitative estimate of drug-likeness (QED) is 0.819. The van der Waals surface area contributed by atoms with Crippen molar-refractivity contribution in [2.75, 3.05) is 18.4 Å². The van der Waals surface area contributed by atoms with Crippen molar-refractivity contribution in [2.24, 2.45) is 0 Å². The highest BCUT2D eigenvalue weighted by Crippen LogP contribution is 2.22. The van der Waals surface area contributed by atoms with Gasteiger partial charge in [-0.2, -0.15) is 0 Å². The molecule has 0 spiro atoms. The fraction of sp³-hybridized carbons (Fsp3) is 0.400. The van der Waals surface area contributed by atoms with Crippen molar-refractivity contribution >= 4 is 17.0 Å². The number of hydrogen-bond donors (Lipinski definition) is 2. The van der Waals surface area contributed by atoms with Crippen LogP contribution >= 0.6 is 11.3 Å². The lowest BCUT2D eigenvalue weighted by atomic mass is 10.1. The summed E-state index contributed by atoms with van der Waals surface area (Å²) in [6.07, 6.45) is 1.84. The zero-order valence-corrected chi connectivity index (χ0v) is 12.6. The van der Waals surface area contributed by atoms with Gasteiger partial charge < -0.3 is 10.6 Å². The molecule has 102 valence electrons. The third-order valence-electron chi connectivity index (χ3n) is 2.67. The topological polar surface area (TPSA) is 37.0 Å². The fourth-order valence-electron chi connectivity index (χ4n) is 1.74. The van der Waals surface area contributed by atoms with E-state index in [0.717, 1.165) is 23.8 Å². The first-order valence-electron chi connectivity index (χ1n) is 6.53. The first-order valence-corrected chi connectivity index (χ1v) is 7.41. The highest BCUT2D eigenvalue weighted by Gasteiger charge is 2.07. The summed E-state index contributed by atoms with van der Waals surface area (Å²) in [6.45, 7) is 8.41. The third kappa shape index (κ3) is 4.65. The molecule has 3 nitrogen and oxygen atoms in total. The van der Waals surface area contributed by atoms with E-state index in [0.29, 0.717) is 0 Å². The second-order valence-electron chi connectivity index (χ2n) is 5.52. The van der Waals surface area contributed by atoms with E-state index in [1.807, 2.05) is 11.6 Å². The Labute approximate surface area is 119 Å². The predicted molar refractivity (Wildman–Crippen MR) is 83.8 cm³/mol. The summed E-state index contributed by atoms with van der Waals surface area (Å²) >= 11 is 1.66. The first-order chi connectivity index (χ1) is 9.04. The SMILES string of the molecule is CC(C)(C)NCCNc1ccc(-c2nccs2)cc1. The van der Waals surface area contributed by atoms with E-state index in [2.05, 4.69) is 60.7 Å². The van der Waals surface area contributed by atoms with Crippen molar-refractivity contribution in [1.82, 2.24) is 10.3 Å². The Morgan fingerprint density at radius 3 is 2.42 bits per heavy atom. The highest BCUT2D eigenvalue weighted by atomic mass is 32.1. The van der Waals surface area contributed by atoms with E-state index in [1.54, 1.807) is 11.3 Å². The van der Waals surface area contributed by atoms with Gasteiger partial charge in [0.25, 0.3) is 0 Å². The van der Waals surface area contributed by atoms with Crippen molar-refractivity contribution in [3.05, 3.63) is 35.8 Å². The minimum atomic E-state index is 0.177. The average molecular weight is 275 g/mol. The predicted octanol–water partition coefficient (Wildman–Crippen LogP) is 3.61. The molecule has 0 unspecified atom stereocenters. The molecule has 19 heavy (non-hydrogen) atoms. The number of anilines is 1. The van der Waals surface area contributed by atoms with Gasteiger partial charge >= 0.3 is 0 Å². The summed E-state index contributed by atoms with van der Waals surface area (Å²) in [5.74, 6) is 0. The summed E-state index contributed by atoms with van der Waals surface area (Å²) in [7, 11) is 0. The number of hydrogen-bond acceptors (Lipinski definition) is 4. The highest BCUT2D eigenvalue weighted by molar-refractivity contribution is 7.13. The number of rotatable bonds is 5. The Morgan fingerprint density at radius 1 is 1.11 bits per heavy atom. The average Bonchev–Trinajstić information content (AvgIpc) is 2.88. The van der Waals surface area contributed by atoms with Gasteiger partial charge in [-0.15, -0.1) is 11.3 Å². The van der Waals surface area contributed by atoms with Crippen LogP contribution < -0.4 is 10.6 Å². The summed E-state index contributed by atoms with van der Waals surface area (Å²) in [5.41, 5.74) is 2.50. The van der Waals surface area contributed by atoms with Crippen LogP contribution in [0.25, 0.3) is 10.6 Å². The van der Waals surface area contributed by atoms with Gasteiger partial charge in [0.15, 0.2) is 0 Å². The van der Waals surface area contributed by atoms with Crippen LogP contribution in [-0.2, 0) is 0 Å². The van der Waals surface area contributed by atoms with Crippen LogP contribution in [0.5, 0.6) is 0 Å². The van der Waals surface area contributed by atoms with Crippen LogP contribution in [-0.4, -0.2) is 23.6 Å². The molecule has 4 heteroatoms. The molecule has 0 bridgehead atoms. The zero-order valence-electron chi connectivity index (χ0n) is 11.7. The monoisotopic (exact) mass is 275 g/mol. The summed E-state index contributed by atoms with van der Waals surface area (Å²) in [4.78, 5) is 4.31. The minimum Gasteiger partial charge on any atom is -0.384 e. The van der Waals surface area contributed by atoms with Crippen LogP contribution in [0.3, 0.4) is 0 Å². The Kier molecular flexibility index (Phi) is 4.56. The molecular formula is C15H21N3S. The Hall–Kier alpha value is -1.39. The van der Waals surface area contributed by atoms with Crippen molar-refractivity contribution < 1.29 is 0 Å². The molecule has 0 aliphatic rings. The van der Waals surface area contributed by atoms with E-state index in [4.69, 9.17) is 0 Å². The van der Waals surface area contributed by atoms with E-state index in [9.17, 15) is 0 Å². The van der Waals surface area contributed by atoms with Crippen LogP contribution in [0.15, 0.2) is 35.8 Å². The number of benzene rings is 1. The third-order valence-corrected chi connectivity index (χ3v) is 3.50. The maximum absolute atomic E-state index is 4.31. The summed E-state index contributed by atoms with van der Waals surface area (Å²) in [5, 5.41) is 9.94. The Bertz CT molecular complexity index is 483. The zero-order chi connectivity index (χ0) is 13.7. The van der Waals surface area contributed by atoms with Crippen LogP contribution in [0, 0.1) is 0 Å². The fourth-order valence-corrected chi connectivity index (χ4v) is 2.39. The van der Waals surface area contributed by atoms with Crippen molar-refractivity contribution in [3.8, 4) is 10.6 Å². The number of nitrogens with zero attached hydrogens (tertiary/aromatic N) is 1. The van der Waals surface area contributed by atoms with Gasteiger partial charge in [-0.25, -0.2) is 4.98 Å². The molecule has 0 aliphatic carbocycles. The van der Waals surface area contributed by atoms with Crippen molar-refractivity contribution in [2.45, 2.75) is 26.3 Å². The van der Waals surface area contributed by atoms with E-state index < -0.39 is 0 Å². The molecule has 1 aromatic carbocycles. The second kappa shape index (κ2) is 6.17. The molecular weight excluding hydrogens is 254 g/mol. The number of nitrogens with one attached hydrogen (secondary N) is 2. The number of thiazole rings is 1. The van der Waals surface area contributed by atoms with Crippen LogP contribution in [0.4, 0.5) is 5.69 Å². The molecule has 0 atom stereocenters. The van der Waals surface area contributed by atoms with Gasteiger partial charge in [-0.1, -0.05) is 0 Å². The van der Waals surface area contributed by atoms with Gasteiger partial charge in [0.2, 0.25) is 0 Å². The van der Waals surface area contributed by atoms with Crippen molar-refractivity contribution in [3.63, 3.8) is 0 Å². The van der Waals surface area contributed by atoms with Crippen LogP contribution in [0.1, 0.15) is 20.8 Å². The van der Waals surface area contributed by atoms with Gasteiger partial charge in [0.05, 0.1) is 0 Å². The molecule has 0 aliphatic heterocycles.